The average Bonchev–Trinajstić information content (AvgIpc) is 2.41. The molecule has 8 N–H and O–H groups in total. The molecule has 3 unspecified atom stereocenters. The van der Waals surface area contributed by atoms with Gasteiger partial charge >= 0.3 is 0 Å². The summed E-state index contributed by atoms with van der Waals surface area (Å²) < 4.78 is 5.30. The number of rotatable bonds is 4. The maximum atomic E-state index is 9.62. The van der Waals surface area contributed by atoms with Gasteiger partial charge in [-0.3, -0.25) is 5.41 Å². The van der Waals surface area contributed by atoms with E-state index in [1.807, 2.05) is 0 Å². The largest absolute Gasteiger partial charge is 0.394 e. The van der Waals surface area contributed by atoms with Crippen molar-refractivity contribution in [1.29, 1.82) is 5.41 Å². The lowest BCUT2D eigenvalue weighted by Gasteiger charge is -2.24. The van der Waals surface area contributed by atoms with Gasteiger partial charge in [0, 0.05) is 12.6 Å². The molecule has 0 saturated carbocycles. The first-order valence-electron chi connectivity index (χ1n) is 5.53. The van der Waals surface area contributed by atoms with Crippen LogP contribution in [0, 0.1) is 5.41 Å². The molecule has 8 heteroatoms. The van der Waals surface area contributed by atoms with Gasteiger partial charge in [-0.1, -0.05) is 0 Å². The van der Waals surface area contributed by atoms with E-state index in [-0.39, 0.29) is 12.3 Å². The zero-order chi connectivity index (χ0) is 13.7. The van der Waals surface area contributed by atoms with Crippen molar-refractivity contribution in [2.24, 2.45) is 5.73 Å². The SMILES string of the molecule is N=C(N)/C=C\N[C@H]1CC(O)C(O)[C@H](O)C(CO)O1. The number of hydrogen-bond acceptors (Lipinski definition) is 7. The van der Waals surface area contributed by atoms with Gasteiger partial charge in [0.25, 0.3) is 0 Å². The fourth-order valence-electron chi connectivity index (χ4n) is 1.66. The van der Waals surface area contributed by atoms with Crippen LogP contribution in [0.2, 0.25) is 0 Å². The molecule has 1 fully saturated rings. The van der Waals surface area contributed by atoms with E-state index in [2.05, 4.69) is 5.32 Å². The van der Waals surface area contributed by atoms with Gasteiger partial charge in [-0.15, -0.1) is 0 Å². The molecule has 1 rings (SSSR count). The van der Waals surface area contributed by atoms with E-state index < -0.39 is 37.3 Å². The van der Waals surface area contributed by atoms with Gasteiger partial charge in [0.15, 0.2) is 0 Å². The highest BCUT2D eigenvalue weighted by Gasteiger charge is 2.38. The zero-order valence-electron chi connectivity index (χ0n) is 9.73. The Morgan fingerprint density at radius 3 is 2.61 bits per heavy atom. The first kappa shape index (κ1) is 14.9. The van der Waals surface area contributed by atoms with Gasteiger partial charge < -0.3 is 36.2 Å². The maximum absolute atomic E-state index is 9.62. The van der Waals surface area contributed by atoms with Crippen molar-refractivity contribution in [3.05, 3.63) is 12.3 Å². The van der Waals surface area contributed by atoms with Crippen molar-refractivity contribution < 1.29 is 25.2 Å². The molecule has 1 aliphatic heterocycles. The van der Waals surface area contributed by atoms with Gasteiger partial charge in [-0.2, -0.15) is 0 Å². The number of aliphatic hydroxyl groups is 4. The number of amidine groups is 1. The Labute approximate surface area is 104 Å². The summed E-state index contributed by atoms with van der Waals surface area (Å²) in [7, 11) is 0. The summed E-state index contributed by atoms with van der Waals surface area (Å²) in [5.41, 5.74) is 5.11. The molecule has 0 aromatic carbocycles. The van der Waals surface area contributed by atoms with Crippen LogP contribution in [-0.2, 0) is 4.74 Å². The van der Waals surface area contributed by atoms with Crippen LogP contribution in [-0.4, -0.2) is 63.5 Å². The highest BCUT2D eigenvalue weighted by molar-refractivity contribution is 5.88. The Kier molecular flexibility index (Phi) is 5.51. The molecule has 1 heterocycles. The lowest BCUT2D eigenvalue weighted by molar-refractivity contribution is -0.120. The topological polar surface area (TPSA) is 152 Å². The van der Waals surface area contributed by atoms with Crippen molar-refractivity contribution in [3.63, 3.8) is 0 Å². The van der Waals surface area contributed by atoms with Crippen molar-refractivity contribution in [3.8, 4) is 0 Å². The van der Waals surface area contributed by atoms with Crippen molar-refractivity contribution in [2.45, 2.75) is 37.1 Å². The molecule has 8 nitrogen and oxygen atoms in total. The van der Waals surface area contributed by atoms with Crippen LogP contribution in [0.4, 0.5) is 0 Å². The Morgan fingerprint density at radius 1 is 1.39 bits per heavy atom. The minimum absolute atomic E-state index is 0.0248. The fourth-order valence-corrected chi connectivity index (χ4v) is 1.66. The van der Waals surface area contributed by atoms with Gasteiger partial charge in [-0.25, -0.2) is 0 Å². The number of hydrogen-bond donors (Lipinski definition) is 7. The third-order valence-electron chi connectivity index (χ3n) is 2.64. The highest BCUT2D eigenvalue weighted by atomic mass is 16.5. The fraction of sp³-hybridized carbons (Fsp3) is 0.700. The molecular weight excluding hydrogens is 242 g/mol. The van der Waals surface area contributed by atoms with Crippen molar-refractivity contribution >= 4 is 5.84 Å². The van der Waals surface area contributed by atoms with Gasteiger partial charge in [0.1, 0.15) is 30.4 Å². The Balaban J connectivity index is 2.66. The summed E-state index contributed by atoms with van der Waals surface area (Å²) in [6.45, 7) is -0.487. The molecule has 0 radical (unpaired) electrons. The van der Waals surface area contributed by atoms with Crippen LogP contribution < -0.4 is 11.1 Å². The van der Waals surface area contributed by atoms with Crippen LogP contribution in [0.15, 0.2) is 12.3 Å². The molecule has 0 aliphatic carbocycles. The summed E-state index contributed by atoms with van der Waals surface area (Å²) in [5.74, 6) is -0.157. The second-order valence-corrected chi connectivity index (χ2v) is 4.09. The lowest BCUT2D eigenvalue weighted by Crippen LogP contribution is -2.44. The molecule has 0 amide bonds. The molecule has 104 valence electrons. The number of ether oxygens (including phenoxy) is 1. The quantitative estimate of drug-likeness (QED) is 0.213. The average molecular weight is 261 g/mol. The lowest BCUT2D eigenvalue weighted by atomic mass is 10.0. The molecule has 5 atom stereocenters. The summed E-state index contributed by atoms with van der Waals surface area (Å²) in [4.78, 5) is 0. The maximum Gasteiger partial charge on any atom is 0.130 e. The van der Waals surface area contributed by atoms with E-state index in [4.69, 9.17) is 21.0 Å². The molecular formula is C10H19N3O5. The minimum atomic E-state index is -1.38. The van der Waals surface area contributed by atoms with E-state index >= 15 is 0 Å². The van der Waals surface area contributed by atoms with Crippen molar-refractivity contribution in [1.82, 2.24) is 5.32 Å². The van der Waals surface area contributed by atoms with Crippen LogP contribution in [0.3, 0.4) is 0 Å². The van der Waals surface area contributed by atoms with Crippen LogP contribution >= 0.6 is 0 Å². The molecule has 1 aliphatic rings. The second kappa shape index (κ2) is 6.66. The molecule has 18 heavy (non-hydrogen) atoms. The van der Waals surface area contributed by atoms with Gasteiger partial charge in [0.05, 0.1) is 12.7 Å². The molecule has 0 aromatic rings. The standard InChI is InChI=1S/C10H19N3O5/c11-7(12)1-2-13-8-3-5(15)9(16)10(17)6(4-14)18-8/h1-2,5-6,8-10,13-17H,3-4H2,(H3,11,12)/b2-1-/t5?,6?,8-,9?,10-/m1/s1. The van der Waals surface area contributed by atoms with Gasteiger partial charge in [0.2, 0.25) is 0 Å². The van der Waals surface area contributed by atoms with Crippen molar-refractivity contribution in [2.75, 3.05) is 6.61 Å². The predicted octanol–water partition coefficient (Wildman–Crippen LogP) is -2.78. The summed E-state index contributed by atoms with van der Waals surface area (Å²) >= 11 is 0. The van der Waals surface area contributed by atoms with Crippen LogP contribution in [0.25, 0.3) is 0 Å². The predicted molar refractivity (Wildman–Crippen MR) is 62.6 cm³/mol. The Hall–Kier alpha value is -1.19. The Bertz CT molecular complexity index is 312. The smallest absolute Gasteiger partial charge is 0.130 e. The molecule has 0 bridgehead atoms. The second-order valence-electron chi connectivity index (χ2n) is 4.09. The molecule has 0 spiro atoms. The van der Waals surface area contributed by atoms with E-state index in [0.717, 1.165) is 0 Å². The number of nitrogens with one attached hydrogen (secondary N) is 2. The number of nitrogens with two attached hydrogens (primary N) is 1. The van der Waals surface area contributed by atoms with Crippen LogP contribution in [0.5, 0.6) is 0 Å². The summed E-state index contributed by atoms with van der Waals surface area (Å²) in [5, 5.41) is 47.5. The van der Waals surface area contributed by atoms with E-state index in [1.54, 1.807) is 0 Å². The molecule has 1 saturated heterocycles. The van der Waals surface area contributed by atoms with E-state index in [9.17, 15) is 15.3 Å². The van der Waals surface area contributed by atoms with Gasteiger partial charge in [-0.05, 0) is 6.08 Å². The highest BCUT2D eigenvalue weighted by Crippen LogP contribution is 2.19. The third kappa shape index (κ3) is 3.93. The van der Waals surface area contributed by atoms with E-state index in [1.165, 1.54) is 12.3 Å². The normalized spacial score (nSPS) is 37.4. The monoisotopic (exact) mass is 261 g/mol. The first-order chi connectivity index (χ1) is 8.45. The summed E-state index contributed by atoms with van der Waals surface area (Å²) in [6, 6.07) is 0. The minimum Gasteiger partial charge on any atom is -0.394 e. The first-order valence-corrected chi connectivity index (χ1v) is 5.53. The molecule has 0 aromatic heterocycles. The van der Waals surface area contributed by atoms with Crippen LogP contribution in [0.1, 0.15) is 6.42 Å². The Morgan fingerprint density at radius 2 is 2.06 bits per heavy atom. The zero-order valence-corrected chi connectivity index (χ0v) is 9.73. The summed E-state index contributed by atoms with van der Waals surface area (Å²) in [6.07, 6.45) is -2.98. The third-order valence-corrected chi connectivity index (χ3v) is 2.64. The number of aliphatic hydroxyl groups excluding tert-OH is 4. The van der Waals surface area contributed by atoms with E-state index in [0.29, 0.717) is 0 Å².